The molecule has 4 aliphatic heterocycles. The number of carbonyl (C=O) groups excluding carboxylic acids is 10. The minimum absolute atomic E-state index is 0.0352. The van der Waals surface area contributed by atoms with E-state index >= 15 is 0 Å². The summed E-state index contributed by atoms with van der Waals surface area (Å²) >= 11 is 0. The number of aromatic amines is 1. The van der Waals surface area contributed by atoms with E-state index in [1.807, 2.05) is 4.98 Å². The molecule has 616 valence electrons. The Morgan fingerprint density at radius 3 is 1.92 bits per heavy atom. The maximum absolute atomic E-state index is 13.8. The lowest BCUT2D eigenvalue weighted by Gasteiger charge is -2.47. The van der Waals surface area contributed by atoms with Gasteiger partial charge in [0.05, 0.1) is 12.2 Å². The first kappa shape index (κ1) is 88.7. The minimum Gasteiger partial charge on any atom is -0.447 e. The molecule has 11 amide bonds. The summed E-state index contributed by atoms with van der Waals surface area (Å²) in [7, 11) is 2.72. The van der Waals surface area contributed by atoms with Crippen molar-refractivity contribution in [1.82, 2.24) is 50.8 Å². The molecule has 4 saturated heterocycles. The number of likely N-dealkylation sites (N-methyl/N-ethyl adjacent to an activating group) is 2. The zero-order chi connectivity index (χ0) is 81.8. The number of aliphatic hydroxyl groups excluding tert-OH is 7. The third kappa shape index (κ3) is 28.4. The highest BCUT2D eigenvalue weighted by molar-refractivity contribution is 6.02. The fraction of sp³-hybridized carbons (Fsp3) is 0.699. The highest BCUT2D eigenvalue weighted by Crippen LogP contribution is 2.35. The van der Waals surface area contributed by atoms with Crippen molar-refractivity contribution in [3.8, 4) is 0 Å². The molecule has 37 heteroatoms. The van der Waals surface area contributed by atoms with Gasteiger partial charge in [0.15, 0.2) is 18.8 Å². The van der Waals surface area contributed by atoms with Gasteiger partial charge in [0.2, 0.25) is 41.4 Å². The van der Waals surface area contributed by atoms with Crippen LogP contribution >= 0.6 is 0 Å². The number of nitrogens with two attached hydrogens (primary N) is 1. The molecule has 0 saturated carbocycles. The number of hydrogen-bond donors (Lipinski definition) is 15. The van der Waals surface area contributed by atoms with Gasteiger partial charge in [-0.1, -0.05) is 104 Å². The number of anilines is 1. The first-order chi connectivity index (χ1) is 52.6. The molecule has 1 aromatic heterocycles. The standard InChI is InChI=1S/C73H114N12O25/c1-41(2)22-17-14-12-10-8-9-11-13-15-18-24-51(89)80-57-61(96)58(93)48(38-47(87)64-62(97)63(98)67(109-64)85-35-32-52(90)81-71(85)102)107-69(57)110-68-56(76-43(5)86)60(95)59(94)49(108-68)40-106-73(104)83(7)37-36-82(6)72(103)105-39-44-26-28-45(29-27-44)77-65(99)46(23-21-33-75-70(74)101)78-66(100)55(42(3)4)79-50(88)25-19-16-20-34-84-53(91)30-31-54(84)92/h18,24,26-29,32,35,41-42,46-49,55-64,67-69,87,93-98H,8-17,19-23,25,30-31,33-34,36-40H2,1-7H3,(H,76,86)(H,77,99)(H,78,100)(H,79,88)(H,80,89)(H3,74,75,101)(H,81,90,102)/b24-18-/t46?,47-,48-,49-,55?,56-,57-,58+,59-,60-,61-,62+,63-,64-,67-,68-,69+/m1/s1/i30T/t30?,46?,47-,48-,49-,55?,56-,57-,58+,59-,60-,61-,62+,63-,64-,67-,68-,69+. The van der Waals surface area contributed by atoms with Gasteiger partial charge >= 0.3 is 23.9 Å². The molecule has 18 atom stereocenters. The number of aliphatic hydroxyl groups is 7. The van der Waals surface area contributed by atoms with E-state index in [-0.39, 0.29) is 58.5 Å². The van der Waals surface area contributed by atoms with E-state index in [2.05, 4.69) is 45.7 Å². The fourth-order valence-electron chi connectivity index (χ4n) is 12.8. The molecule has 4 aliphatic rings. The summed E-state index contributed by atoms with van der Waals surface area (Å²) in [6, 6.07) is 0.793. The normalized spacial score (nSPS) is 25.7. The Morgan fingerprint density at radius 2 is 1.31 bits per heavy atom. The van der Waals surface area contributed by atoms with Crippen LogP contribution in [-0.2, 0) is 68.6 Å². The highest BCUT2D eigenvalue weighted by Gasteiger charge is 2.54. The van der Waals surface area contributed by atoms with E-state index in [4.69, 9.17) is 35.5 Å². The van der Waals surface area contributed by atoms with Crippen LogP contribution in [-0.4, -0.2) is 264 Å². The smallest absolute Gasteiger partial charge is 0.409 e. The zero-order valence-corrected chi connectivity index (χ0v) is 63.5. The summed E-state index contributed by atoms with van der Waals surface area (Å²) in [6.45, 7) is 7.85. The number of unbranched alkanes of at least 4 members (excludes halogenated alkanes) is 10. The van der Waals surface area contributed by atoms with Crippen molar-refractivity contribution in [2.75, 3.05) is 52.2 Å². The van der Waals surface area contributed by atoms with Gasteiger partial charge in [-0.05, 0) is 74.1 Å². The third-order valence-electron chi connectivity index (χ3n) is 19.3. The average Bonchev–Trinajstić information content (AvgIpc) is 1.77. The van der Waals surface area contributed by atoms with Crippen molar-refractivity contribution >= 4 is 65.3 Å². The number of hydrogen-bond acceptors (Lipinski definition) is 25. The lowest BCUT2D eigenvalue weighted by molar-refractivity contribution is -0.346. The van der Waals surface area contributed by atoms with Crippen molar-refractivity contribution in [2.24, 2.45) is 17.6 Å². The van der Waals surface area contributed by atoms with Gasteiger partial charge < -0.3 is 112 Å². The second kappa shape index (κ2) is 45.1. The summed E-state index contributed by atoms with van der Waals surface area (Å²) in [5.41, 5.74) is 4.22. The molecular weight excluding hydrogens is 1440 g/mol. The van der Waals surface area contributed by atoms with Crippen LogP contribution < -0.4 is 48.9 Å². The number of nitrogens with zero attached hydrogens (tertiary/aromatic N) is 4. The monoisotopic (exact) mass is 1560 g/mol. The summed E-state index contributed by atoms with van der Waals surface area (Å²) < 4.78 is 43.6. The molecule has 2 aromatic rings. The average molecular weight is 1560 g/mol. The van der Waals surface area contributed by atoms with Crippen LogP contribution in [0.5, 0.6) is 0 Å². The number of aromatic nitrogens is 2. The number of carbonyl (C=O) groups is 10. The Bertz CT molecular complexity index is 3540. The van der Waals surface area contributed by atoms with Crippen molar-refractivity contribution < 1.29 is 113 Å². The summed E-state index contributed by atoms with van der Waals surface area (Å²) in [4.78, 5) is 159. The van der Waals surface area contributed by atoms with E-state index in [1.54, 1.807) is 32.1 Å². The molecule has 16 N–H and O–H groups in total. The van der Waals surface area contributed by atoms with E-state index < -0.39 is 200 Å². The first-order valence-electron chi connectivity index (χ1n) is 38.2. The van der Waals surface area contributed by atoms with E-state index in [0.29, 0.717) is 42.9 Å². The molecule has 0 aliphatic carbocycles. The maximum atomic E-state index is 13.8. The van der Waals surface area contributed by atoms with E-state index in [9.17, 15) is 93.3 Å². The predicted molar refractivity (Wildman–Crippen MR) is 392 cm³/mol. The second-order valence-electron chi connectivity index (χ2n) is 29.0. The van der Waals surface area contributed by atoms with Gasteiger partial charge in [0.1, 0.15) is 86.2 Å². The van der Waals surface area contributed by atoms with Crippen LogP contribution in [0.15, 0.2) is 58.3 Å². The molecule has 1 aromatic carbocycles. The number of rotatable bonds is 43. The maximum Gasteiger partial charge on any atom is 0.409 e. The van der Waals surface area contributed by atoms with Crippen molar-refractivity contribution in [3.05, 3.63) is 75.1 Å². The predicted octanol–water partition coefficient (Wildman–Crippen LogP) is -0.0215. The Balaban J connectivity index is 1.02. The SMILES string of the molecule is [3H]C1CC(=O)N(CCCCCC(=O)NC(C(=O)NC(CCCNC(N)=O)C(=O)Nc2ccc(COC(=O)N(C)CCN(C)C(=O)OC[C@H]3O[C@H](O[C@@H]4O[C@H](C[C@@H](O)[C@H]5O[C@@H](n6ccc(=O)[nH]c6=O)[C@H](O)[C@@H]5O)[C@H](O)[C@H](O)[C@H]4NC(=O)/C=C\CCCCCCCCCCC(C)C)[C@H](NC(C)=O)[C@@H](O)[C@@H]3O)cc2)C(C)C)C1=O. The molecule has 0 bridgehead atoms. The molecule has 37 nitrogen and oxygen atoms in total. The number of H-pyrrole nitrogens is 1. The van der Waals surface area contributed by atoms with Crippen molar-refractivity contribution in [3.63, 3.8) is 0 Å². The van der Waals surface area contributed by atoms with E-state index in [1.165, 1.54) is 58.0 Å². The Hall–Kier alpha value is -8.50. The topological polar surface area (TPSA) is 530 Å². The van der Waals surface area contributed by atoms with Crippen molar-refractivity contribution in [2.45, 2.75) is 267 Å². The number of benzene rings is 1. The van der Waals surface area contributed by atoms with Gasteiger partial charge in [-0.3, -0.25) is 52.8 Å². The molecule has 3 unspecified atom stereocenters. The number of ether oxygens (including phenoxy) is 6. The second-order valence-corrected chi connectivity index (χ2v) is 29.0. The lowest BCUT2D eigenvalue weighted by atomic mass is 9.91. The zero-order valence-electron chi connectivity index (χ0n) is 64.5. The molecule has 0 spiro atoms. The number of allylic oxidation sites excluding steroid dienone is 1. The number of likely N-dealkylation sites (tertiary alicyclic amines) is 1. The molecule has 110 heavy (non-hydrogen) atoms. The highest BCUT2D eigenvalue weighted by atomic mass is 16.8. The van der Waals surface area contributed by atoms with Gasteiger partial charge in [0.25, 0.3) is 5.56 Å². The lowest BCUT2D eigenvalue weighted by Crippen LogP contribution is -2.69. The minimum atomic E-state index is -1.99. The summed E-state index contributed by atoms with van der Waals surface area (Å²) in [5.74, 6) is -3.93. The molecule has 4 fully saturated rings. The number of urea groups is 1. The van der Waals surface area contributed by atoms with Crippen LogP contribution in [0.3, 0.4) is 0 Å². The van der Waals surface area contributed by atoms with Crippen molar-refractivity contribution in [1.29, 1.82) is 0 Å². The first-order valence-corrected chi connectivity index (χ1v) is 37.6. The van der Waals surface area contributed by atoms with Crippen LogP contribution in [0.1, 0.15) is 170 Å². The molecule has 5 heterocycles. The Kier molecular flexibility index (Phi) is 36.4. The van der Waals surface area contributed by atoms with Gasteiger partial charge in [-0.15, -0.1) is 0 Å². The Labute approximate surface area is 639 Å². The Morgan fingerprint density at radius 1 is 0.700 bits per heavy atom. The number of amides is 11. The number of primary amides is 1. The van der Waals surface area contributed by atoms with Gasteiger partial charge in [0, 0.05) is 92.2 Å². The van der Waals surface area contributed by atoms with Gasteiger partial charge in [-0.2, -0.15) is 0 Å². The third-order valence-corrected chi connectivity index (χ3v) is 19.3. The molecular formula is C73H114N12O25. The number of imide groups is 1. The van der Waals surface area contributed by atoms with Crippen LogP contribution in [0, 0.1) is 11.8 Å². The molecule has 0 radical (unpaired) electrons. The summed E-state index contributed by atoms with van der Waals surface area (Å²) in [6.07, 6.45) is -11.9. The fourth-order valence-corrected chi connectivity index (χ4v) is 12.8. The van der Waals surface area contributed by atoms with E-state index in [0.717, 1.165) is 70.6 Å². The van der Waals surface area contributed by atoms with Gasteiger partial charge in [-0.25, -0.2) is 19.2 Å². The number of nitrogens with one attached hydrogen (secondary N) is 7. The van der Waals surface area contributed by atoms with Crippen LogP contribution in [0.2, 0.25) is 0 Å². The quantitative estimate of drug-likeness (QED) is 0.0236. The van der Waals surface area contributed by atoms with Crippen LogP contribution in [0.25, 0.3) is 0 Å². The van der Waals surface area contributed by atoms with Crippen LogP contribution in [0.4, 0.5) is 20.1 Å². The summed E-state index contributed by atoms with van der Waals surface area (Å²) in [5, 5.41) is 95.5. The largest absolute Gasteiger partial charge is 0.447 e. The molecule has 6 rings (SSSR count).